The Bertz CT molecular complexity index is 308. The summed E-state index contributed by atoms with van der Waals surface area (Å²) in [6, 6.07) is 4.19. The molecule has 1 aliphatic heterocycles. The van der Waals surface area contributed by atoms with Gasteiger partial charge >= 0.3 is 0 Å². The van der Waals surface area contributed by atoms with Crippen LogP contribution in [-0.2, 0) is 0 Å². The maximum absolute atomic E-state index is 5.41. The molecule has 0 saturated carbocycles. The van der Waals surface area contributed by atoms with Gasteiger partial charge in [0.2, 0.25) is 5.88 Å². The second kappa shape index (κ2) is 5.12. The van der Waals surface area contributed by atoms with Gasteiger partial charge in [-0.15, -0.1) is 0 Å². The average molecular weight is 206 g/mol. The summed E-state index contributed by atoms with van der Waals surface area (Å²) in [5, 5.41) is 3.38. The highest BCUT2D eigenvalue weighted by Crippen LogP contribution is 2.26. The molecule has 1 saturated heterocycles. The van der Waals surface area contributed by atoms with Crippen molar-refractivity contribution in [3.8, 4) is 5.88 Å². The molecular weight excluding hydrogens is 188 g/mol. The van der Waals surface area contributed by atoms with Crippen LogP contribution in [0, 0.1) is 0 Å². The van der Waals surface area contributed by atoms with Crippen LogP contribution in [-0.4, -0.2) is 24.7 Å². The number of piperidine rings is 1. The molecule has 1 aliphatic rings. The molecule has 1 fully saturated rings. The van der Waals surface area contributed by atoms with E-state index in [2.05, 4.69) is 22.4 Å². The fourth-order valence-corrected chi connectivity index (χ4v) is 2.06. The summed E-state index contributed by atoms with van der Waals surface area (Å²) in [5.41, 5.74) is 1.37. The normalized spacial score (nSPS) is 17.7. The Labute approximate surface area is 90.9 Å². The molecule has 3 heteroatoms. The Hall–Kier alpha value is -1.09. The summed E-state index contributed by atoms with van der Waals surface area (Å²) >= 11 is 0. The number of nitrogens with zero attached hydrogens (tertiary/aromatic N) is 1. The lowest BCUT2D eigenvalue weighted by Crippen LogP contribution is -2.26. The SMILES string of the molecule is CCOc1cc(C2CCNCC2)ccn1. The van der Waals surface area contributed by atoms with E-state index in [4.69, 9.17) is 4.74 Å². The first-order valence-electron chi connectivity index (χ1n) is 5.69. The summed E-state index contributed by atoms with van der Waals surface area (Å²) in [7, 11) is 0. The predicted molar refractivity (Wildman–Crippen MR) is 60.3 cm³/mol. The van der Waals surface area contributed by atoms with Gasteiger partial charge in [-0.25, -0.2) is 4.98 Å². The van der Waals surface area contributed by atoms with E-state index in [1.54, 1.807) is 0 Å². The molecule has 2 rings (SSSR count). The lowest BCUT2D eigenvalue weighted by atomic mass is 9.91. The fourth-order valence-electron chi connectivity index (χ4n) is 2.06. The molecule has 82 valence electrons. The fraction of sp³-hybridized carbons (Fsp3) is 0.583. The molecule has 0 aliphatic carbocycles. The molecule has 0 atom stereocenters. The van der Waals surface area contributed by atoms with Crippen molar-refractivity contribution in [2.45, 2.75) is 25.7 Å². The molecule has 3 nitrogen and oxygen atoms in total. The van der Waals surface area contributed by atoms with Crippen LogP contribution in [0.4, 0.5) is 0 Å². The largest absolute Gasteiger partial charge is 0.478 e. The number of hydrogen-bond acceptors (Lipinski definition) is 3. The molecule has 15 heavy (non-hydrogen) atoms. The molecule has 0 amide bonds. The van der Waals surface area contributed by atoms with Crippen molar-refractivity contribution in [1.29, 1.82) is 0 Å². The second-order valence-electron chi connectivity index (χ2n) is 3.88. The minimum absolute atomic E-state index is 0.674. The monoisotopic (exact) mass is 206 g/mol. The minimum Gasteiger partial charge on any atom is -0.478 e. The van der Waals surface area contributed by atoms with Gasteiger partial charge in [0.05, 0.1) is 6.61 Å². The maximum atomic E-state index is 5.41. The highest BCUT2D eigenvalue weighted by Gasteiger charge is 2.15. The van der Waals surface area contributed by atoms with Crippen molar-refractivity contribution in [1.82, 2.24) is 10.3 Å². The Kier molecular flexibility index (Phi) is 3.56. The van der Waals surface area contributed by atoms with Gasteiger partial charge in [-0.3, -0.25) is 0 Å². The van der Waals surface area contributed by atoms with Gasteiger partial charge in [0.25, 0.3) is 0 Å². The Morgan fingerprint density at radius 3 is 3.00 bits per heavy atom. The lowest BCUT2D eigenvalue weighted by Gasteiger charge is -2.23. The number of ether oxygens (including phenoxy) is 1. The summed E-state index contributed by atoms with van der Waals surface area (Å²) < 4.78 is 5.41. The van der Waals surface area contributed by atoms with Gasteiger partial charge in [0.1, 0.15) is 0 Å². The van der Waals surface area contributed by atoms with Crippen molar-refractivity contribution in [3.05, 3.63) is 23.9 Å². The first-order chi connectivity index (χ1) is 7.40. The van der Waals surface area contributed by atoms with Gasteiger partial charge < -0.3 is 10.1 Å². The standard InChI is InChI=1S/C12H18N2O/c1-2-15-12-9-11(5-8-14-12)10-3-6-13-7-4-10/h5,8-10,13H,2-4,6-7H2,1H3. The number of rotatable bonds is 3. The van der Waals surface area contributed by atoms with Crippen molar-refractivity contribution in [2.24, 2.45) is 0 Å². The molecule has 0 aromatic carbocycles. The van der Waals surface area contributed by atoms with Crippen LogP contribution in [0.25, 0.3) is 0 Å². The van der Waals surface area contributed by atoms with Gasteiger partial charge in [-0.2, -0.15) is 0 Å². The molecule has 0 unspecified atom stereocenters. The first kappa shape index (κ1) is 10.4. The van der Waals surface area contributed by atoms with E-state index in [1.165, 1.54) is 18.4 Å². The molecule has 1 aromatic heterocycles. The molecule has 1 aromatic rings. The number of pyridine rings is 1. The molecule has 2 heterocycles. The topological polar surface area (TPSA) is 34.1 Å². The Morgan fingerprint density at radius 1 is 1.47 bits per heavy atom. The maximum Gasteiger partial charge on any atom is 0.213 e. The zero-order valence-electron chi connectivity index (χ0n) is 9.20. The summed E-state index contributed by atoms with van der Waals surface area (Å²) in [6.45, 7) is 4.91. The van der Waals surface area contributed by atoms with Gasteiger partial charge in [-0.1, -0.05) is 0 Å². The third kappa shape index (κ3) is 2.69. The van der Waals surface area contributed by atoms with Crippen molar-refractivity contribution in [2.75, 3.05) is 19.7 Å². The van der Waals surface area contributed by atoms with E-state index < -0.39 is 0 Å². The van der Waals surface area contributed by atoms with E-state index in [0.717, 1.165) is 19.0 Å². The smallest absolute Gasteiger partial charge is 0.213 e. The minimum atomic E-state index is 0.674. The van der Waals surface area contributed by atoms with Crippen molar-refractivity contribution >= 4 is 0 Å². The number of nitrogens with one attached hydrogen (secondary N) is 1. The van der Waals surface area contributed by atoms with Gasteiger partial charge in [0.15, 0.2) is 0 Å². The summed E-state index contributed by atoms with van der Waals surface area (Å²) in [6.07, 6.45) is 4.29. The molecule has 0 radical (unpaired) electrons. The number of hydrogen-bond donors (Lipinski definition) is 1. The van der Waals surface area contributed by atoms with E-state index in [9.17, 15) is 0 Å². The molecule has 0 spiro atoms. The summed E-state index contributed by atoms with van der Waals surface area (Å²) in [5.74, 6) is 1.43. The van der Waals surface area contributed by atoms with Crippen LogP contribution in [0.3, 0.4) is 0 Å². The van der Waals surface area contributed by atoms with E-state index in [-0.39, 0.29) is 0 Å². The quantitative estimate of drug-likeness (QED) is 0.820. The Morgan fingerprint density at radius 2 is 2.27 bits per heavy atom. The van der Waals surface area contributed by atoms with Gasteiger partial charge in [0, 0.05) is 12.3 Å². The van der Waals surface area contributed by atoms with E-state index >= 15 is 0 Å². The third-order valence-electron chi connectivity index (χ3n) is 2.86. The zero-order chi connectivity index (χ0) is 10.5. The van der Waals surface area contributed by atoms with Gasteiger partial charge in [-0.05, 0) is 50.4 Å². The Balaban J connectivity index is 2.09. The zero-order valence-corrected chi connectivity index (χ0v) is 9.20. The highest BCUT2D eigenvalue weighted by molar-refractivity contribution is 5.24. The van der Waals surface area contributed by atoms with Crippen molar-refractivity contribution in [3.63, 3.8) is 0 Å². The van der Waals surface area contributed by atoms with Crippen LogP contribution in [0.5, 0.6) is 5.88 Å². The predicted octanol–water partition coefficient (Wildman–Crippen LogP) is 1.95. The van der Waals surface area contributed by atoms with E-state index in [1.807, 2.05) is 13.1 Å². The molecule has 0 bridgehead atoms. The first-order valence-corrected chi connectivity index (χ1v) is 5.69. The lowest BCUT2D eigenvalue weighted by molar-refractivity contribution is 0.325. The summed E-state index contributed by atoms with van der Waals surface area (Å²) in [4.78, 5) is 4.19. The average Bonchev–Trinajstić information content (AvgIpc) is 2.31. The third-order valence-corrected chi connectivity index (χ3v) is 2.86. The van der Waals surface area contributed by atoms with Crippen LogP contribution < -0.4 is 10.1 Å². The van der Waals surface area contributed by atoms with Crippen molar-refractivity contribution < 1.29 is 4.74 Å². The van der Waals surface area contributed by atoms with Crippen LogP contribution >= 0.6 is 0 Å². The second-order valence-corrected chi connectivity index (χ2v) is 3.88. The van der Waals surface area contributed by atoms with Crippen LogP contribution in [0.2, 0.25) is 0 Å². The van der Waals surface area contributed by atoms with Crippen LogP contribution in [0.15, 0.2) is 18.3 Å². The molecule has 1 N–H and O–H groups in total. The number of aromatic nitrogens is 1. The van der Waals surface area contributed by atoms with E-state index in [0.29, 0.717) is 12.5 Å². The highest BCUT2D eigenvalue weighted by atomic mass is 16.5. The molecular formula is C12H18N2O. The van der Waals surface area contributed by atoms with Crippen LogP contribution in [0.1, 0.15) is 31.2 Å².